The smallest absolute Gasteiger partial charge is 0.330 e. The third-order valence-electron chi connectivity index (χ3n) is 3.29. The number of halogens is 2. The molecule has 1 aliphatic rings. The highest BCUT2D eigenvalue weighted by Crippen LogP contribution is 2.28. The molecule has 0 spiro atoms. The molecule has 0 bridgehead atoms. The van der Waals surface area contributed by atoms with Crippen molar-refractivity contribution < 1.29 is 28.9 Å². The summed E-state index contributed by atoms with van der Waals surface area (Å²) in [5.41, 5.74) is 2.94. The number of nitrogens with one attached hydrogen (secondary N) is 1. The van der Waals surface area contributed by atoms with E-state index in [2.05, 4.69) is 0 Å². The van der Waals surface area contributed by atoms with E-state index in [4.69, 9.17) is 15.2 Å². The van der Waals surface area contributed by atoms with Crippen LogP contribution in [0, 0.1) is 5.82 Å². The van der Waals surface area contributed by atoms with Crippen LogP contribution in [0.4, 0.5) is 4.39 Å². The molecule has 136 valence electrons. The van der Waals surface area contributed by atoms with Crippen molar-refractivity contribution in [3.05, 3.63) is 32.9 Å². The van der Waals surface area contributed by atoms with Crippen molar-refractivity contribution in [3.63, 3.8) is 0 Å². The fraction of sp³-hybridized carbons (Fsp3) is 0.583. The Morgan fingerprint density at radius 2 is 2.08 bits per heavy atom. The number of hydrogen-bond donors (Lipinski definition) is 4. The van der Waals surface area contributed by atoms with E-state index in [1.54, 1.807) is 4.98 Å². The van der Waals surface area contributed by atoms with Crippen LogP contribution >= 0.6 is 12.4 Å². The zero-order chi connectivity index (χ0) is 17.1. The van der Waals surface area contributed by atoms with E-state index in [9.17, 15) is 29.0 Å². The van der Waals surface area contributed by atoms with E-state index in [1.807, 2.05) is 0 Å². The molecule has 1 fully saturated rings. The maximum atomic E-state index is 13.3. The number of ether oxygens (including phenoxy) is 2. The number of aliphatic hydroxyl groups excluding tert-OH is 2. The molecular weight excluding hydrogens is 353 g/mol. The quantitative estimate of drug-likeness (QED) is 0.419. The van der Waals surface area contributed by atoms with Crippen molar-refractivity contribution in [2.75, 3.05) is 13.2 Å². The number of H-pyrrole nitrogens is 1. The van der Waals surface area contributed by atoms with E-state index < -0.39 is 47.6 Å². The van der Waals surface area contributed by atoms with Crippen LogP contribution in [0.2, 0.25) is 0 Å². The van der Waals surface area contributed by atoms with Gasteiger partial charge in [0.05, 0.1) is 12.6 Å². The van der Waals surface area contributed by atoms with Crippen LogP contribution in [0.1, 0.15) is 12.6 Å². The molecule has 0 aromatic carbocycles. The van der Waals surface area contributed by atoms with Gasteiger partial charge < -0.3 is 25.4 Å². The van der Waals surface area contributed by atoms with Crippen molar-refractivity contribution in [1.29, 1.82) is 0 Å². The van der Waals surface area contributed by atoms with Gasteiger partial charge in [-0.05, 0) is 0 Å². The summed E-state index contributed by atoms with van der Waals surface area (Å²) < 4.78 is 23.9. The first-order chi connectivity index (χ1) is 10.8. The molecule has 5 N–H and O–H groups in total. The van der Waals surface area contributed by atoms with E-state index in [0.29, 0.717) is 10.8 Å². The number of esters is 1. The molecule has 0 unspecified atom stereocenters. The summed E-state index contributed by atoms with van der Waals surface area (Å²) in [6.45, 7) is -0.293. The second kappa shape index (κ2) is 8.35. The largest absolute Gasteiger partial charge is 0.463 e. The Labute approximate surface area is 140 Å². The van der Waals surface area contributed by atoms with Gasteiger partial charge in [-0.3, -0.25) is 19.1 Å². The number of nitrogens with two attached hydrogens (primary N) is 1. The average molecular weight is 370 g/mol. The van der Waals surface area contributed by atoms with E-state index in [-0.39, 0.29) is 32.0 Å². The minimum atomic E-state index is -1.59. The minimum absolute atomic E-state index is 0. The van der Waals surface area contributed by atoms with Crippen LogP contribution in [0.15, 0.2) is 15.8 Å². The monoisotopic (exact) mass is 369 g/mol. The third kappa shape index (κ3) is 4.19. The second-order valence-electron chi connectivity index (χ2n) is 4.91. The van der Waals surface area contributed by atoms with Gasteiger partial charge in [0.15, 0.2) is 6.23 Å². The van der Waals surface area contributed by atoms with Crippen LogP contribution in [-0.2, 0) is 14.3 Å². The number of carbonyl (C=O) groups is 1. The van der Waals surface area contributed by atoms with Crippen LogP contribution in [0.5, 0.6) is 0 Å². The molecule has 0 aliphatic carbocycles. The van der Waals surface area contributed by atoms with Gasteiger partial charge in [0.2, 0.25) is 5.82 Å². The molecule has 0 radical (unpaired) electrons. The van der Waals surface area contributed by atoms with Crippen LogP contribution in [0.3, 0.4) is 0 Å². The first-order valence-electron chi connectivity index (χ1n) is 6.73. The molecule has 1 saturated heterocycles. The van der Waals surface area contributed by atoms with Gasteiger partial charge in [-0.15, -0.1) is 12.4 Å². The number of hydrogen-bond acceptors (Lipinski definition) is 8. The van der Waals surface area contributed by atoms with Gasteiger partial charge in [-0.2, -0.15) is 4.39 Å². The summed E-state index contributed by atoms with van der Waals surface area (Å²) in [4.78, 5) is 35.6. The van der Waals surface area contributed by atoms with Gasteiger partial charge in [0.25, 0.3) is 5.56 Å². The highest BCUT2D eigenvalue weighted by Gasteiger charge is 2.44. The number of carbonyl (C=O) groups excluding carboxylic acids is 1. The molecule has 4 atom stereocenters. The van der Waals surface area contributed by atoms with Crippen molar-refractivity contribution in [3.8, 4) is 0 Å². The Hall–Kier alpha value is -1.79. The maximum absolute atomic E-state index is 13.3. The molecule has 24 heavy (non-hydrogen) atoms. The predicted octanol–water partition coefficient (Wildman–Crippen LogP) is -2.39. The molecule has 2 rings (SSSR count). The fourth-order valence-corrected chi connectivity index (χ4v) is 2.11. The maximum Gasteiger partial charge on any atom is 0.330 e. The Morgan fingerprint density at radius 1 is 1.42 bits per heavy atom. The molecule has 1 aromatic rings. The molecule has 1 aromatic heterocycles. The Morgan fingerprint density at radius 3 is 2.71 bits per heavy atom. The summed E-state index contributed by atoms with van der Waals surface area (Å²) in [5, 5.41) is 19.8. The number of aliphatic hydroxyl groups is 2. The molecule has 0 saturated carbocycles. The molecule has 10 nitrogen and oxygen atoms in total. The lowest BCUT2D eigenvalue weighted by Gasteiger charge is -2.16. The highest BCUT2D eigenvalue weighted by atomic mass is 35.5. The first kappa shape index (κ1) is 20.3. The standard InChI is InChI=1S/C12H16FN3O7.ClH/c13-5-3-16(12(21)15-10(5)20)11-9(19)8(18)6(23-11)4-22-7(17)1-2-14;/h3,6,8-9,11,18-19H,1-2,4,14H2,(H,15,20,21);1H/t6-,8-,9-,11-;/m1./s1. The zero-order valence-corrected chi connectivity index (χ0v) is 13.1. The van der Waals surface area contributed by atoms with Crippen molar-refractivity contribution in [1.82, 2.24) is 9.55 Å². The summed E-state index contributed by atoms with van der Waals surface area (Å²) in [6.07, 6.45) is -5.10. The number of aromatic nitrogens is 2. The van der Waals surface area contributed by atoms with Gasteiger partial charge in [0, 0.05) is 6.54 Å². The van der Waals surface area contributed by atoms with Crippen molar-refractivity contribution in [2.45, 2.75) is 31.0 Å². The lowest BCUT2D eigenvalue weighted by Crippen LogP contribution is -2.38. The lowest BCUT2D eigenvalue weighted by atomic mass is 10.1. The normalized spacial score (nSPS) is 26.0. The third-order valence-corrected chi connectivity index (χ3v) is 3.29. The van der Waals surface area contributed by atoms with Crippen LogP contribution in [-0.4, -0.2) is 57.2 Å². The van der Waals surface area contributed by atoms with Gasteiger partial charge >= 0.3 is 11.7 Å². The van der Waals surface area contributed by atoms with Crippen molar-refractivity contribution in [2.24, 2.45) is 5.73 Å². The summed E-state index contributed by atoms with van der Waals surface area (Å²) in [5.74, 6) is -1.87. The fourth-order valence-electron chi connectivity index (χ4n) is 2.11. The zero-order valence-electron chi connectivity index (χ0n) is 12.3. The second-order valence-corrected chi connectivity index (χ2v) is 4.91. The molecular formula is C12H17ClFN3O7. The van der Waals surface area contributed by atoms with Crippen molar-refractivity contribution >= 4 is 18.4 Å². The Kier molecular flexibility index (Phi) is 7.05. The number of nitrogens with zero attached hydrogens (tertiary/aromatic N) is 1. The number of rotatable bonds is 5. The number of aromatic amines is 1. The van der Waals surface area contributed by atoms with E-state index in [0.717, 1.165) is 0 Å². The van der Waals surface area contributed by atoms with Gasteiger partial charge in [-0.1, -0.05) is 0 Å². The Bertz CT molecular complexity index is 694. The topological polar surface area (TPSA) is 157 Å². The molecule has 12 heteroatoms. The van der Waals surface area contributed by atoms with E-state index >= 15 is 0 Å². The molecule has 2 heterocycles. The van der Waals surface area contributed by atoms with Gasteiger partial charge in [0.1, 0.15) is 24.9 Å². The predicted molar refractivity (Wildman–Crippen MR) is 79.1 cm³/mol. The first-order valence-corrected chi connectivity index (χ1v) is 6.73. The van der Waals surface area contributed by atoms with E-state index in [1.165, 1.54) is 0 Å². The lowest BCUT2D eigenvalue weighted by molar-refractivity contribution is -0.149. The van der Waals surface area contributed by atoms with Crippen LogP contribution < -0.4 is 17.0 Å². The van der Waals surface area contributed by atoms with Gasteiger partial charge in [-0.25, -0.2) is 4.79 Å². The summed E-state index contributed by atoms with van der Waals surface area (Å²) in [6, 6.07) is 0. The minimum Gasteiger partial charge on any atom is -0.463 e. The average Bonchev–Trinajstić information content (AvgIpc) is 2.77. The molecule has 1 aliphatic heterocycles. The summed E-state index contributed by atoms with van der Waals surface area (Å²) in [7, 11) is 0. The summed E-state index contributed by atoms with van der Waals surface area (Å²) >= 11 is 0. The SMILES string of the molecule is Cl.NCCC(=O)OC[C@H]1O[C@@H](n2cc(F)c(=O)[nH]c2=O)[C@H](O)[C@@H]1O. The highest BCUT2D eigenvalue weighted by molar-refractivity contribution is 5.85. The van der Waals surface area contributed by atoms with Crippen LogP contribution in [0.25, 0.3) is 0 Å². The Balaban J connectivity index is 0.00000288. The molecule has 0 amide bonds.